The molecule has 3 rings (SSSR count). The molecule has 1 aliphatic heterocycles. The van der Waals surface area contributed by atoms with Crippen LogP contribution < -0.4 is 4.74 Å². The van der Waals surface area contributed by atoms with E-state index in [-0.39, 0.29) is 6.79 Å². The molecule has 0 atom stereocenters. The van der Waals surface area contributed by atoms with Crippen LogP contribution in [-0.4, -0.2) is 18.5 Å². The molecule has 5 nitrogen and oxygen atoms in total. The Kier molecular flexibility index (Phi) is 4.05. The summed E-state index contributed by atoms with van der Waals surface area (Å²) in [7, 11) is 1.63. The van der Waals surface area contributed by atoms with Crippen molar-refractivity contribution in [3.05, 3.63) is 59.7 Å². The van der Waals surface area contributed by atoms with Crippen molar-refractivity contribution in [2.45, 2.75) is 13.8 Å². The van der Waals surface area contributed by atoms with Crippen molar-refractivity contribution < 1.29 is 14.2 Å². The molecule has 24 heavy (non-hydrogen) atoms. The van der Waals surface area contributed by atoms with Crippen LogP contribution in [0.1, 0.15) is 18.2 Å². The molecule has 1 aromatic heterocycles. The van der Waals surface area contributed by atoms with Gasteiger partial charge in [0.05, 0.1) is 18.2 Å². The van der Waals surface area contributed by atoms with Crippen LogP contribution in [0.5, 0.6) is 5.75 Å². The lowest BCUT2D eigenvalue weighted by Gasteiger charge is -2.09. The molecule has 0 spiro atoms. The minimum atomic E-state index is 0.193. The van der Waals surface area contributed by atoms with Gasteiger partial charge in [0.2, 0.25) is 6.79 Å². The smallest absolute Gasteiger partial charge is 0.231 e. The van der Waals surface area contributed by atoms with Crippen LogP contribution in [-0.2, 0) is 9.47 Å². The van der Waals surface area contributed by atoms with E-state index < -0.39 is 0 Å². The van der Waals surface area contributed by atoms with E-state index in [0.717, 1.165) is 28.0 Å². The summed E-state index contributed by atoms with van der Waals surface area (Å²) in [5.41, 5.74) is 3.43. The van der Waals surface area contributed by atoms with Crippen molar-refractivity contribution in [3.8, 4) is 11.8 Å². The van der Waals surface area contributed by atoms with Crippen LogP contribution in [0.25, 0.3) is 16.6 Å². The Labute approximate surface area is 140 Å². The van der Waals surface area contributed by atoms with Crippen molar-refractivity contribution in [2.75, 3.05) is 13.9 Å². The fraction of sp³-hybridized carbons (Fsp3) is 0.211. The number of nitriles is 1. The number of aromatic nitrogens is 1. The summed E-state index contributed by atoms with van der Waals surface area (Å²) in [6, 6.07) is 8.00. The standard InChI is InChI=1S/C19H18N2O3/c1-12(5-8-19-14(3)23-11-24-19)21-13(2)17(10-20)16-7-6-15(22-4)9-18(16)21/h5-9H,3,11H2,1-2,4H3/b12-5+,19-8+. The summed E-state index contributed by atoms with van der Waals surface area (Å²) in [5.74, 6) is 1.88. The minimum absolute atomic E-state index is 0.193. The molecule has 5 heteroatoms. The van der Waals surface area contributed by atoms with Gasteiger partial charge in [-0.05, 0) is 38.1 Å². The third-order valence-electron chi connectivity index (χ3n) is 4.08. The van der Waals surface area contributed by atoms with E-state index in [9.17, 15) is 5.26 Å². The molecular weight excluding hydrogens is 304 g/mol. The molecule has 0 unspecified atom stereocenters. The average molecular weight is 322 g/mol. The summed E-state index contributed by atoms with van der Waals surface area (Å²) in [6.45, 7) is 7.88. The maximum Gasteiger partial charge on any atom is 0.231 e. The predicted octanol–water partition coefficient (Wildman–Crippen LogP) is 4.09. The number of fused-ring (bicyclic) bond motifs is 1. The molecular formula is C19H18N2O3. The molecule has 2 aromatic rings. The molecule has 122 valence electrons. The van der Waals surface area contributed by atoms with E-state index in [4.69, 9.17) is 14.2 Å². The number of nitrogens with zero attached hydrogens (tertiary/aromatic N) is 2. The average Bonchev–Trinajstić information content (AvgIpc) is 3.11. The van der Waals surface area contributed by atoms with Crippen LogP contribution in [0, 0.1) is 18.3 Å². The maximum atomic E-state index is 9.50. The highest BCUT2D eigenvalue weighted by atomic mass is 16.7. The first kappa shape index (κ1) is 15.8. The van der Waals surface area contributed by atoms with Gasteiger partial charge in [0.15, 0.2) is 11.5 Å². The Bertz CT molecular complexity index is 926. The summed E-state index contributed by atoms with van der Waals surface area (Å²) < 4.78 is 17.9. The fourth-order valence-electron chi connectivity index (χ4n) is 2.85. The van der Waals surface area contributed by atoms with E-state index in [0.29, 0.717) is 17.1 Å². The normalized spacial score (nSPS) is 16.2. The predicted molar refractivity (Wildman–Crippen MR) is 92.1 cm³/mol. The Morgan fingerprint density at radius 1 is 1.42 bits per heavy atom. The van der Waals surface area contributed by atoms with Gasteiger partial charge in [-0.25, -0.2) is 0 Å². The summed E-state index contributed by atoms with van der Waals surface area (Å²) >= 11 is 0. The van der Waals surface area contributed by atoms with Gasteiger partial charge in [0.25, 0.3) is 0 Å². The first-order valence-electron chi connectivity index (χ1n) is 7.49. The lowest BCUT2D eigenvalue weighted by Crippen LogP contribution is -1.97. The van der Waals surface area contributed by atoms with Crippen LogP contribution >= 0.6 is 0 Å². The number of hydrogen-bond acceptors (Lipinski definition) is 4. The van der Waals surface area contributed by atoms with Crippen molar-refractivity contribution in [3.63, 3.8) is 0 Å². The lowest BCUT2D eigenvalue weighted by atomic mass is 10.1. The molecule has 0 N–H and O–H groups in total. The number of ether oxygens (including phenoxy) is 3. The molecule has 0 amide bonds. The van der Waals surface area contributed by atoms with E-state index in [1.165, 1.54) is 0 Å². The molecule has 1 aliphatic rings. The summed E-state index contributed by atoms with van der Waals surface area (Å²) in [5, 5.41) is 10.4. The van der Waals surface area contributed by atoms with Crippen LogP contribution in [0.15, 0.2) is 48.4 Å². The number of methoxy groups -OCH3 is 1. The third-order valence-corrected chi connectivity index (χ3v) is 4.08. The van der Waals surface area contributed by atoms with Crippen LogP contribution in [0.4, 0.5) is 0 Å². The van der Waals surface area contributed by atoms with Gasteiger partial charge in [0, 0.05) is 22.8 Å². The number of rotatable bonds is 3. The Morgan fingerprint density at radius 3 is 2.83 bits per heavy atom. The quantitative estimate of drug-likeness (QED) is 0.854. The zero-order valence-electron chi connectivity index (χ0n) is 13.9. The van der Waals surface area contributed by atoms with Crippen LogP contribution in [0.3, 0.4) is 0 Å². The Morgan fingerprint density at radius 2 is 2.21 bits per heavy atom. The second-order valence-electron chi connectivity index (χ2n) is 5.46. The first-order chi connectivity index (χ1) is 11.6. The van der Waals surface area contributed by atoms with Crippen LogP contribution in [0.2, 0.25) is 0 Å². The van der Waals surface area contributed by atoms with Crippen molar-refractivity contribution in [2.24, 2.45) is 0 Å². The van der Waals surface area contributed by atoms with Gasteiger partial charge < -0.3 is 18.8 Å². The van der Waals surface area contributed by atoms with Gasteiger partial charge in [-0.1, -0.05) is 6.58 Å². The molecule has 0 aliphatic carbocycles. The largest absolute Gasteiger partial charge is 0.497 e. The maximum absolute atomic E-state index is 9.50. The van der Waals surface area contributed by atoms with Crippen molar-refractivity contribution >= 4 is 16.6 Å². The summed E-state index contributed by atoms with van der Waals surface area (Å²) in [6.07, 6.45) is 3.74. The molecule has 0 saturated carbocycles. The molecule has 1 aromatic carbocycles. The summed E-state index contributed by atoms with van der Waals surface area (Å²) in [4.78, 5) is 0. The van der Waals surface area contributed by atoms with E-state index in [1.54, 1.807) is 7.11 Å². The Hall–Kier alpha value is -3.13. The number of benzene rings is 1. The second kappa shape index (κ2) is 6.17. The highest BCUT2D eigenvalue weighted by Crippen LogP contribution is 2.31. The molecule has 1 saturated heterocycles. The van der Waals surface area contributed by atoms with Crippen molar-refractivity contribution in [1.82, 2.24) is 4.57 Å². The topological polar surface area (TPSA) is 56.4 Å². The Balaban J connectivity index is 2.16. The molecule has 2 heterocycles. The van der Waals surface area contributed by atoms with Gasteiger partial charge in [-0.3, -0.25) is 0 Å². The highest BCUT2D eigenvalue weighted by molar-refractivity contribution is 5.91. The van der Waals surface area contributed by atoms with E-state index >= 15 is 0 Å². The van der Waals surface area contributed by atoms with Gasteiger partial charge in [-0.15, -0.1) is 0 Å². The first-order valence-corrected chi connectivity index (χ1v) is 7.49. The SMILES string of the molecule is C=C1OCO/C1=C/C=C(\C)n1c(C)c(C#N)c2ccc(OC)cc21. The minimum Gasteiger partial charge on any atom is -0.497 e. The van der Waals surface area contributed by atoms with E-state index in [1.807, 2.05) is 48.8 Å². The zero-order valence-corrected chi connectivity index (χ0v) is 13.9. The van der Waals surface area contributed by atoms with Crippen molar-refractivity contribution in [1.29, 1.82) is 5.26 Å². The zero-order chi connectivity index (χ0) is 17.3. The van der Waals surface area contributed by atoms with E-state index in [2.05, 4.69) is 12.6 Å². The molecule has 0 bridgehead atoms. The number of hydrogen-bond donors (Lipinski definition) is 0. The molecule has 1 fully saturated rings. The second-order valence-corrected chi connectivity index (χ2v) is 5.46. The van der Waals surface area contributed by atoms with Gasteiger partial charge in [-0.2, -0.15) is 5.26 Å². The lowest BCUT2D eigenvalue weighted by molar-refractivity contribution is 0.0980. The van der Waals surface area contributed by atoms with Gasteiger partial charge in [0.1, 0.15) is 11.8 Å². The van der Waals surface area contributed by atoms with Gasteiger partial charge >= 0.3 is 0 Å². The third kappa shape index (κ3) is 2.52. The highest BCUT2D eigenvalue weighted by Gasteiger charge is 2.16. The number of allylic oxidation sites excluding steroid dienone is 3. The molecule has 0 radical (unpaired) electrons. The monoisotopic (exact) mass is 322 g/mol. The fourth-order valence-corrected chi connectivity index (χ4v) is 2.85.